The first-order chi connectivity index (χ1) is 10.4. The molecule has 0 aliphatic rings. The van der Waals surface area contributed by atoms with E-state index in [1.807, 2.05) is 0 Å². The van der Waals surface area contributed by atoms with Crippen LogP contribution in [-0.2, 0) is 23.6 Å². The molecule has 0 N–H and O–H groups in total. The largest absolute Gasteiger partial charge is 0.493 e. The van der Waals surface area contributed by atoms with Crippen molar-refractivity contribution in [2.24, 2.45) is 7.05 Å². The molecule has 7 nitrogen and oxygen atoms in total. The van der Waals surface area contributed by atoms with Gasteiger partial charge in [0.2, 0.25) is 10.0 Å². The fourth-order valence-corrected chi connectivity index (χ4v) is 3.18. The molecule has 0 radical (unpaired) electrons. The lowest BCUT2D eigenvalue weighted by Gasteiger charge is -2.18. The number of hydrogen-bond donors (Lipinski definition) is 0. The van der Waals surface area contributed by atoms with Crippen LogP contribution in [-0.4, -0.2) is 43.8 Å². The van der Waals surface area contributed by atoms with Gasteiger partial charge in [-0.2, -0.15) is 9.40 Å². The van der Waals surface area contributed by atoms with Gasteiger partial charge >= 0.3 is 0 Å². The van der Waals surface area contributed by atoms with E-state index in [1.165, 1.54) is 37.7 Å². The predicted molar refractivity (Wildman–Crippen MR) is 81.4 cm³/mol. The van der Waals surface area contributed by atoms with Gasteiger partial charge in [0.05, 0.1) is 31.4 Å². The average Bonchev–Trinajstić information content (AvgIpc) is 2.91. The van der Waals surface area contributed by atoms with E-state index in [1.54, 1.807) is 30.1 Å². The molecular formula is C14H19N3O4S. The Balaban J connectivity index is 2.31. The molecule has 0 saturated heterocycles. The lowest BCUT2D eigenvalue weighted by molar-refractivity contribution is 0.353. The zero-order valence-corrected chi connectivity index (χ0v) is 13.8. The summed E-state index contributed by atoms with van der Waals surface area (Å²) in [6.07, 6.45) is 1.63. The van der Waals surface area contributed by atoms with Gasteiger partial charge in [0, 0.05) is 26.4 Å². The summed E-state index contributed by atoms with van der Waals surface area (Å²) in [7, 11) is 2.63. The van der Waals surface area contributed by atoms with Crippen LogP contribution >= 0.6 is 0 Å². The fraction of sp³-hybridized carbons (Fsp3) is 0.357. The maximum Gasteiger partial charge on any atom is 0.243 e. The minimum atomic E-state index is -3.63. The van der Waals surface area contributed by atoms with Gasteiger partial charge in [-0.3, -0.25) is 4.68 Å². The Morgan fingerprint density at radius 3 is 2.41 bits per heavy atom. The summed E-state index contributed by atoms with van der Waals surface area (Å²) in [6.45, 7) is 0.229. The molecule has 120 valence electrons. The highest BCUT2D eigenvalue weighted by molar-refractivity contribution is 7.89. The minimum Gasteiger partial charge on any atom is -0.493 e. The number of ether oxygens (including phenoxy) is 2. The first-order valence-electron chi connectivity index (χ1n) is 6.55. The number of methoxy groups -OCH3 is 2. The van der Waals surface area contributed by atoms with E-state index in [-0.39, 0.29) is 11.4 Å². The van der Waals surface area contributed by atoms with E-state index < -0.39 is 10.0 Å². The Morgan fingerprint density at radius 2 is 1.86 bits per heavy atom. The molecule has 2 rings (SSSR count). The van der Waals surface area contributed by atoms with Crippen LogP contribution in [0.1, 0.15) is 5.69 Å². The van der Waals surface area contributed by atoms with Crippen molar-refractivity contribution in [1.82, 2.24) is 14.1 Å². The lowest BCUT2D eigenvalue weighted by atomic mass is 10.3. The molecular weight excluding hydrogens is 306 g/mol. The van der Waals surface area contributed by atoms with E-state index in [2.05, 4.69) is 5.10 Å². The number of aryl methyl sites for hydroxylation is 1. The fourth-order valence-electron chi connectivity index (χ4n) is 2.03. The molecule has 0 saturated carbocycles. The molecule has 0 unspecified atom stereocenters. The number of aromatic nitrogens is 2. The van der Waals surface area contributed by atoms with E-state index in [4.69, 9.17) is 9.47 Å². The predicted octanol–water partition coefficient (Wildman–Crippen LogP) is 1.26. The molecule has 22 heavy (non-hydrogen) atoms. The summed E-state index contributed by atoms with van der Waals surface area (Å²) in [6, 6.07) is 6.30. The molecule has 2 aromatic rings. The van der Waals surface area contributed by atoms with Crippen molar-refractivity contribution >= 4 is 10.0 Å². The monoisotopic (exact) mass is 325 g/mol. The van der Waals surface area contributed by atoms with Crippen molar-refractivity contribution < 1.29 is 17.9 Å². The first-order valence-corrected chi connectivity index (χ1v) is 7.99. The number of nitrogens with zero attached hydrogens (tertiary/aromatic N) is 3. The Labute approximate surface area is 130 Å². The van der Waals surface area contributed by atoms with Crippen LogP contribution < -0.4 is 9.47 Å². The van der Waals surface area contributed by atoms with Crippen LogP contribution in [0.15, 0.2) is 35.4 Å². The van der Waals surface area contributed by atoms with Gasteiger partial charge in [-0.15, -0.1) is 0 Å². The van der Waals surface area contributed by atoms with Gasteiger partial charge in [0.25, 0.3) is 0 Å². The summed E-state index contributed by atoms with van der Waals surface area (Å²) in [4.78, 5) is 0.148. The van der Waals surface area contributed by atoms with Crippen molar-refractivity contribution in [2.45, 2.75) is 11.4 Å². The number of rotatable bonds is 6. The highest BCUT2D eigenvalue weighted by Crippen LogP contribution is 2.30. The zero-order valence-electron chi connectivity index (χ0n) is 13.0. The minimum absolute atomic E-state index is 0.148. The molecule has 0 atom stereocenters. The molecule has 1 heterocycles. The number of benzene rings is 1. The van der Waals surface area contributed by atoms with Crippen molar-refractivity contribution in [3.05, 3.63) is 36.2 Å². The van der Waals surface area contributed by atoms with Crippen molar-refractivity contribution in [3.8, 4) is 11.5 Å². The van der Waals surface area contributed by atoms with Crippen molar-refractivity contribution in [1.29, 1.82) is 0 Å². The highest BCUT2D eigenvalue weighted by atomic mass is 32.2. The maximum atomic E-state index is 12.6. The molecule has 1 aromatic carbocycles. The van der Waals surface area contributed by atoms with E-state index in [0.29, 0.717) is 11.5 Å². The second-order valence-electron chi connectivity index (χ2n) is 4.72. The lowest BCUT2D eigenvalue weighted by Crippen LogP contribution is -2.27. The molecule has 8 heteroatoms. The summed E-state index contributed by atoms with van der Waals surface area (Å²) in [5.74, 6) is 0.855. The van der Waals surface area contributed by atoms with Gasteiger partial charge < -0.3 is 9.47 Å². The SMILES string of the molecule is COc1ccc(S(=O)(=O)N(C)Cc2ccnn2C)cc1OC. The van der Waals surface area contributed by atoms with E-state index in [0.717, 1.165) is 5.69 Å². The third kappa shape index (κ3) is 3.07. The number of sulfonamides is 1. The van der Waals surface area contributed by atoms with Crippen LogP contribution in [0.4, 0.5) is 0 Å². The summed E-state index contributed by atoms with van der Waals surface area (Å²) >= 11 is 0. The highest BCUT2D eigenvalue weighted by Gasteiger charge is 2.23. The Bertz CT molecular complexity index is 755. The first kappa shape index (κ1) is 16.3. The topological polar surface area (TPSA) is 73.7 Å². The normalized spacial score (nSPS) is 11.7. The van der Waals surface area contributed by atoms with Crippen LogP contribution in [0.3, 0.4) is 0 Å². The molecule has 0 aliphatic carbocycles. The van der Waals surface area contributed by atoms with Crippen LogP contribution in [0.5, 0.6) is 11.5 Å². The molecule has 0 spiro atoms. The average molecular weight is 325 g/mol. The molecule has 0 aliphatic heterocycles. The quantitative estimate of drug-likeness (QED) is 0.799. The second kappa shape index (κ2) is 6.37. The van der Waals surface area contributed by atoms with Crippen LogP contribution in [0.2, 0.25) is 0 Å². The summed E-state index contributed by atoms with van der Waals surface area (Å²) in [5, 5.41) is 4.03. The van der Waals surface area contributed by atoms with Crippen LogP contribution in [0, 0.1) is 0 Å². The van der Waals surface area contributed by atoms with Crippen molar-refractivity contribution in [3.63, 3.8) is 0 Å². The molecule has 1 aromatic heterocycles. The zero-order chi connectivity index (χ0) is 16.3. The van der Waals surface area contributed by atoms with Gasteiger partial charge in [-0.25, -0.2) is 8.42 Å². The summed E-state index contributed by atoms with van der Waals surface area (Å²) < 4.78 is 38.5. The van der Waals surface area contributed by atoms with Gasteiger partial charge in [0.1, 0.15) is 0 Å². The maximum absolute atomic E-state index is 12.6. The Morgan fingerprint density at radius 1 is 1.18 bits per heavy atom. The van der Waals surface area contributed by atoms with E-state index >= 15 is 0 Å². The van der Waals surface area contributed by atoms with Crippen molar-refractivity contribution in [2.75, 3.05) is 21.3 Å². The number of hydrogen-bond acceptors (Lipinski definition) is 5. The summed E-state index contributed by atoms with van der Waals surface area (Å²) in [5.41, 5.74) is 0.798. The Hall–Kier alpha value is -2.06. The Kier molecular flexibility index (Phi) is 4.72. The van der Waals surface area contributed by atoms with E-state index in [9.17, 15) is 8.42 Å². The van der Waals surface area contributed by atoms with Gasteiger partial charge in [-0.1, -0.05) is 0 Å². The van der Waals surface area contributed by atoms with Gasteiger partial charge in [0.15, 0.2) is 11.5 Å². The third-order valence-corrected chi connectivity index (χ3v) is 5.17. The third-order valence-electron chi connectivity index (χ3n) is 3.37. The smallest absolute Gasteiger partial charge is 0.243 e. The second-order valence-corrected chi connectivity index (χ2v) is 6.77. The molecule has 0 bridgehead atoms. The standard InChI is InChI=1S/C14H19N3O4S/c1-16(10-11-7-8-15-17(11)2)22(18,19)12-5-6-13(20-3)14(9-12)21-4/h5-9H,10H2,1-4H3. The molecule has 0 amide bonds. The van der Waals surface area contributed by atoms with Gasteiger partial charge in [-0.05, 0) is 18.2 Å². The van der Waals surface area contributed by atoms with Crippen LogP contribution in [0.25, 0.3) is 0 Å². The molecule has 0 fully saturated rings.